The number of aromatic nitrogens is 1. The predicted molar refractivity (Wildman–Crippen MR) is 113 cm³/mol. The van der Waals surface area contributed by atoms with Gasteiger partial charge in [0, 0.05) is 19.6 Å². The van der Waals surface area contributed by atoms with E-state index in [0.717, 1.165) is 5.56 Å². The van der Waals surface area contributed by atoms with Crippen molar-refractivity contribution < 1.29 is 14.0 Å². The molecule has 2 heterocycles. The van der Waals surface area contributed by atoms with Crippen molar-refractivity contribution in [1.29, 1.82) is 0 Å². The number of benzene rings is 2. The zero-order valence-corrected chi connectivity index (χ0v) is 16.3. The van der Waals surface area contributed by atoms with Crippen molar-refractivity contribution in [2.45, 2.75) is 13.0 Å². The van der Waals surface area contributed by atoms with Gasteiger partial charge < -0.3 is 10.2 Å². The van der Waals surface area contributed by atoms with E-state index < -0.39 is 0 Å². The summed E-state index contributed by atoms with van der Waals surface area (Å²) in [5.74, 6) is -0.0944. The fraction of sp³-hybridized carbons (Fsp3) is 0.174. The number of halogens is 1. The molecule has 30 heavy (non-hydrogen) atoms. The summed E-state index contributed by atoms with van der Waals surface area (Å²) in [6.07, 6.45) is 1.59. The SMILES string of the molecule is O=C(Cc1cccc(F)c1)Nc1ccc(N2CCN(Cc3ccccc3)C2=O)nc1. The van der Waals surface area contributed by atoms with Crippen LogP contribution in [0.4, 0.5) is 20.7 Å². The van der Waals surface area contributed by atoms with Crippen LogP contribution in [0.15, 0.2) is 72.9 Å². The largest absolute Gasteiger partial charge is 0.326 e. The summed E-state index contributed by atoms with van der Waals surface area (Å²) in [4.78, 5) is 32.6. The third-order valence-corrected chi connectivity index (χ3v) is 4.87. The van der Waals surface area contributed by atoms with Crippen LogP contribution in [-0.2, 0) is 17.8 Å². The van der Waals surface area contributed by atoms with Crippen LogP contribution in [0, 0.1) is 5.82 Å². The van der Waals surface area contributed by atoms with E-state index in [-0.39, 0.29) is 24.2 Å². The molecule has 1 aliphatic rings. The van der Waals surface area contributed by atoms with E-state index in [4.69, 9.17) is 0 Å². The molecule has 4 rings (SSSR count). The number of nitrogens with one attached hydrogen (secondary N) is 1. The highest BCUT2D eigenvalue weighted by atomic mass is 19.1. The average molecular weight is 404 g/mol. The van der Waals surface area contributed by atoms with Crippen LogP contribution < -0.4 is 10.2 Å². The van der Waals surface area contributed by atoms with Crippen LogP contribution in [0.25, 0.3) is 0 Å². The molecule has 1 fully saturated rings. The molecule has 0 spiro atoms. The Morgan fingerprint density at radius 2 is 1.80 bits per heavy atom. The molecule has 0 aliphatic carbocycles. The summed E-state index contributed by atoms with van der Waals surface area (Å²) in [6, 6.07) is 19.1. The van der Waals surface area contributed by atoms with E-state index in [9.17, 15) is 14.0 Å². The van der Waals surface area contributed by atoms with E-state index in [1.807, 2.05) is 30.3 Å². The van der Waals surface area contributed by atoms with Gasteiger partial charge in [-0.15, -0.1) is 0 Å². The van der Waals surface area contributed by atoms with Gasteiger partial charge in [-0.2, -0.15) is 0 Å². The quantitative estimate of drug-likeness (QED) is 0.679. The van der Waals surface area contributed by atoms with Gasteiger partial charge in [0.1, 0.15) is 11.6 Å². The predicted octanol–water partition coefficient (Wildman–Crippen LogP) is 3.84. The lowest BCUT2D eigenvalue weighted by Crippen LogP contribution is -2.31. The molecule has 0 saturated carbocycles. The van der Waals surface area contributed by atoms with E-state index >= 15 is 0 Å². The van der Waals surface area contributed by atoms with Gasteiger partial charge in [-0.05, 0) is 35.4 Å². The summed E-state index contributed by atoms with van der Waals surface area (Å²) in [5, 5.41) is 2.74. The first-order valence-electron chi connectivity index (χ1n) is 9.69. The molecule has 3 aromatic rings. The number of carbonyl (C=O) groups excluding carboxylic acids is 2. The highest BCUT2D eigenvalue weighted by Crippen LogP contribution is 2.21. The number of hydrogen-bond donors (Lipinski definition) is 1. The van der Waals surface area contributed by atoms with Crippen LogP contribution in [0.2, 0.25) is 0 Å². The van der Waals surface area contributed by atoms with Crippen molar-refractivity contribution in [3.05, 3.63) is 89.9 Å². The molecule has 152 valence electrons. The second-order valence-electron chi connectivity index (χ2n) is 7.10. The first-order chi connectivity index (χ1) is 14.6. The Balaban J connectivity index is 1.35. The maximum Gasteiger partial charge on any atom is 0.326 e. The number of amides is 3. The summed E-state index contributed by atoms with van der Waals surface area (Å²) in [5.41, 5.74) is 2.20. The van der Waals surface area contributed by atoms with Gasteiger partial charge in [0.15, 0.2) is 0 Å². The van der Waals surface area contributed by atoms with Crippen LogP contribution >= 0.6 is 0 Å². The average Bonchev–Trinajstić information content (AvgIpc) is 3.09. The number of rotatable bonds is 6. The van der Waals surface area contributed by atoms with E-state index in [1.165, 1.54) is 18.3 Å². The highest BCUT2D eigenvalue weighted by Gasteiger charge is 2.30. The second kappa shape index (κ2) is 8.73. The van der Waals surface area contributed by atoms with E-state index in [0.29, 0.717) is 36.7 Å². The zero-order valence-electron chi connectivity index (χ0n) is 16.3. The fourth-order valence-electron chi connectivity index (χ4n) is 3.40. The maximum absolute atomic E-state index is 13.2. The Kier molecular flexibility index (Phi) is 5.70. The highest BCUT2D eigenvalue weighted by molar-refractivity contribution is 5.94. The lowest BCUT2D eigenvalue weighted by molar-refractivity contribution is -0.115. The van der Waals surface area contributed by atoms with Crippen molar-refractivity contribution in [1.82, 2.24) is 9.88 Å². The molecule has 7 heteroatoms. The molecule has 0 bridgehead atoms. The van der Waals surface area contributed by atoms with Crippen molar-refractivity contribution in [2.75, 3.05) is 23.3 Å². The normalized spacial score (nSPS) is 13.6. The Hall–Kier alpha value is -3.74. The summed E-state index contributed by atoms with van der Waals surface area (Å²) in [6.45, 7) is 1.75. The van der Waals surface area contributed by atoms with Crippen LogP contribution in [0.5, 0.6) is 0 Å². The molecule has 1 aromatic heterocycles. The lowest BCUT2D eigenvalue weighted by Gasteiger charge is -2.18. The molecular formula is C23H21FN4O2. The molecule has 0 atom stereocenters. The first-order valence-corrected chi connectivity index (χ1v) is 9.69. The zero-order chi connectivity index (χ0) is 20.9. The van der Waals surface area contributed by atoms with Crippen molar-refractivity contribution in [2.24, 2.45) is 0 Å². The third-order valence-electron chi connectivity index (χ3n) is 4.87. The monoisotopic (exact) mass is 404 g/mol. The smallest absolute Gasteiger partial charge is 0.324 e. The molecule has 1 aliphatic heterocycles. The Labute approximate surface area is 174 Å². The molecule has 0 unspecified atom stereocenters. The standard InChI is InChI=1S/C23H21FN4O2/c24-19-8-4-7-18(13-19)14-22(29)26-20-9-10-21(25-15-20)28-12-11-27(23(28)30)16-17-5-2-1-3-6-17/h1-10,13,15H,11-12,14,16H2,(H,26,29). The van der Waals surface area contributed by atoms with Gasteiger partial charge in [0.2, 0.25) is 5.91 Å². The molecule has 0 radical (unpaired) electrons. The number of anilines is 2. The number of hydrogen-bond acceptors (Lipinski definition) is 3. The minimum atomic E-state index is -0.372. The second-order valence-corrected chi connectivity index (χ2v) is 7.10. The molecule has 1 saturated heterocycles. The lowest BCUT2D eigenvalue weighted by atomic mass is 10.1. The number of nitrogens with zero attached hydrogens (tertiary/aromatic N) is 3. The van der Waals surface area contributed by atoms with Crippen molar-refractivity contribution in [3.8, 4) is 0 Å². The van der Waals surface area contributed by atoms with Crippen LogP contribution in [0.3, 0.4) is 0 Å². The Morgan fingerprint density at radius 3 is 2.53 bits per heavy atom. The number of pyridine rings is 1. The first kappa shape index (κ1) is 19.6. The minimum Gasteiger partial charge on any atom is -0.324 e. The Morgan fingerprint density at radius 1 is 1.00 bits per heavy atom. The van der Waals surface area contributed by atoms with Gasteiger partial charge in [-0.3, -0.25) is 9.69 Å². The topological polar surface area (TPSA) is 65.5 Å². The molecule has 1 N–H and O–H groups in total. The van der Waals surface area contributed by atoms with Gasteiger partial charge in [-0.1, -0.05) is 42.5 Å². The number of carbonyl (C=O) groups is 2. The molecule has 3 amide bonds. The van der Waals surface area contributed by atoms with Crippen molar-refractivity contribution in [3.63, 3.8) is 0 Å². The summed E-state index contributed by atoms with van der Waals surface area (Å²) >= 11 is 0. The van der Waals surface area contributed by atoms with Crippen LogP contribution in [0.1, 0.15) is 11.1 Å². The Bertz CT molecular complexity index is 1040. The molecular weight excluding hydrogens is 383 g/mol. The maximum atomic E-state index is 13.2. The van der Waals surface area contributed by atoms with Gasteiger partial charge in [0.25, 0.3) is 0 Å². The molecule has 6 nitrogen and oxygen atoms in total. The third kappa shape index (κ3) is 4.63. The number of urea groups is 1. The van der Waals surface area contributed by atoms with Crippen LogP contribution in [-0.4, -0.2) is 34.9 Å². The fourth-order valence-corrected chi connectivity index (χ4v) is 3.40. The summed E-state index contributed by atoms with van der Waals surface area (Å²) in [7, 11) is 0. The van der Waals surface area contributed by atoms with Crippen molar-refractivity contribution >= 4 is 23.4 Å². The summed E-state index contributed by atoms with van der Waals surface area (Å²) < 4.78 is 13.2. The van der Waals surface area contributed by atoms with Gasteiger partial charge in [0.05, 0.1) is 18.3 Å². The minimum absolute atomic E-state index is 0.0680. The van der Waals surface area contributed by atoms with E-state index in [1.54, 1.807) is 34.1 Å². The van der Waals surface area contributed by atoms with Gasteiger partial charge >= 0.3 is 6.03 Å². The molecule has 2 aromatic carbocycles. The van der Waals surface area contributed by atoms with E-state index in [2.05, 4.69) is 10.3 Å². The van der Waals surface area contributed by atoms with Gasteiger partial charge in [-0.25, -0.2) is 14.2 Å².